The normalized spacial score (nSPS) is 13.0. The lowest BCUT2D eigenvalue weighted by atomic mass is 10.1. The zero-order valence-electron chi connectivity index (χ0n) is 14.5. The Morgan fingerprint density at radius 3 is 2.42 bits per heavy atom. The van der Waals surface area contributed by atoms with E-state index in [2.05, 4.69) is 15.4 Å². The highest BCUT2D eigenvalue weighted by molar-refractivity contribution is 6.30. The van der Waals surface area contributed by atoms with E-state index in [1.807, 2.05) is 31.2 Å². The van der Waals surface area contributed by atoms with Crippen molar-refractivity contribution in [3.8, 4) is 11.4 Å². The van der Waals surface area contributed by atoms with Gasteiger partial charge in [-0.3, -0.25) is 4.79 Å². The summed E-state index contributed by atoms with van der Waals surface area (Å²) in [6, 6.07) is 14.5. The van der Waals surface area contributed by atoms with Crippen LogP contribution in [0.1, 0.15) is 25.5 Å². The molecule has 0 fully saturated rings. The second kappa shape index (κ2) is 8.01. The monoisotopic (exact) mass is 370 g/mol. The van der Waals surface area contributed by atoms with Crippen molar-refractivity contribution in [3.05, 3.63) is 71.8 Å². The van der Waals surface area contributed by atoms with Gasteiger partial charge < -0.3 is 10.1 Å². The van der Waals surface area contributed by atoms with Gasteiger partial charge in [-0.25, -0.2) is 9.67 Å². The van der Waals surface area contributed by atoms with Crippen LogP contribution in [0.25, 0.3) is 5.69 Å². The Morgan fingerprint density at radius 2 is 1.81 bits per heavy atom. The molecule has 2 unspecified atom stereocenters. The maximum absolute atomic E-state index is 12.4. The van der Waals surface area contributed by atoms with Gasteiger partial charge in [-0.15, -0.1) is 0 Å². The number of ether oxygens (including phenoxy) is 1. The van der Waals surface area contributed by atoms with Crippen molar-refractivity contribution in [2.75, 3.05) is 0 Å². The molecule has 6 nitrogen and oxygen atoms in total. The summed E-state index contributed by atoms with van der Waals surface area (Å²) in [6.45, 7) is 3.64. The molecule has 26 heavy (non-hydrogen) atoms. The van der Waals surface area contributed by atoms with E-state index < -0.39 is 6.10 Å². The number of hydrogen-bond donors (Lipinski definition) is 1. The minimum atomic E-state index is -0.618. The largest absolute Gasteiger partial charge is 0.481 e. The molecule has 1 N–H and O–H groups in total. The number of nitrogens with one attached hydrogen (secondary N) is 1. The van der Waals surface area contributed by atoms with Crippen LogP contribution in [0, 0.1) is 0 Å². The smallest absolute Gasteiger partial charge is 0.261 e. The first-order valence-electron chi connectivity index (χ1n) is 8.20. The zero-order chi connectivity index (χ0) is 18.5. The van der Waals surface area contributed by atoms with Crippen LogP contribution in [0.4, 0.5) is 0 Å². The fraction of sp³-hybridized carbons (Fsp3) is 0.211. The van der Waals surface area contributed by atoms with E-state index in [1.165, 1.54) is 6.33 Å². The molecule has 0 bridgehead atoms. The highest BCUT2D eigenvalue weighted by atomic mass is 35.5. The second-order valence-corrected chi connectivity index (χ2v) is 6.31. The van der Waals surface area contributed by atoms with E-state index in [1.54, 1.807) is 42.2 Å². The summed E-state index contributed by atoms with van der Waals surface area (Å²) in [5, 5.41) is 7.67. The van der Waals surface area contributed by atoms with Gasteiger partial charge in [0.15, 0.2) is 6.10 Å². The lowest BCUT2D eigenvalue weighted by molar-refractivity contribution is -0.127. The molecule has 0 aliphatic rings. The van der Waals surface area contributed by atoms with Crippen LogP contribution in [0.2, 0.25) is 5.02 Å². The average molecular weight is 371 g/mol. The highest BCUT2D eigenvalue weighted by Gasteiger charge is 2.17. The van der Waals surface area contributed by atoms with Crippen molar-refractivity contribution >= 4 is 17.5 Å². The maximum Gasteiger partial charge on any atom is 0.261 e. The van der Waals surface area contributed by atoms with E-state index >= 15 is 0 Å². The van der Waals surface area contributed by atoms with Crippen molar-refractivity contribution in [1.82, 2.24) is 20.1 Å². The van der Waals surface area contributed by atoms with Gasteiger partial charge in [-0.1, -0.05) is 23.7 Å². The Bertz CT molecular complexity index is 848. The highest BCUT2D eigenvalue weighted by Crippen LogP contribution is 2.18. The van der Waals surface area contributed by atoms with Crippen LogP contribution in [-0.2, 0) is 4.79 Å². The molecule has 7 heteroatoms. The molecule has 0 aliphatic carbocycles. The van der Waals surface area contributed by atoms with E-state index in [-0.39, 0.29) is 11.9 Å². The minimum Gasteiger partial charge on any atom is -0.481 e. The van der Waals surface area contributed by atoms with Crippen LogP contribution >= 0.6 is 11.6 Å². The number of nitrogens with zero attached hydrogens (tertiary/aromatic N) is 3. The van der Waals surface area contributed by atoms with Crippen LogP contribution < -0.4 is 10.1 Å². The summed E-state index contributed by atoms with van der Waals surface area (Å²) < 4.78 is 7.32. The van der Waals surface area contributed by atoms with Crippen molar-refractivity contribution in [3.63, 3.8) is 0 Å². The van der Waals surface area contributed by atoms with Crippen molar-refractivity contribution in [1.29, 1.82) is 0 Å². The summed E-state index contributed by atoms with van der Waals surface area (Å²) >= 11 is 5.85. The quantitative estimate of drug-likeness (QED) is 0.720. The molecule has 0 saturated carbocycles. The lowest BCUT2D eigenvalue weighted by Gasteiger charge is -2.19. The number of carbonyl (C=O) groups excluding carboxylic acids is 1. The number of carbonyl (C=O) groups is 1. The third-order valence-corrected chi connectivity index (χ3v) is 4.18. The molecule has 1 aromatic heterocycles. The van der Waals surface area contributed by atoms with Crippen LogP contribution in [0.5, 0.6) is 5.75 Å². The second-order valence-electron chi connectivity index (χ2n) is 5.88. The number of aromatic nitrogens is 3. The van der Waals surface area contributed by atoms with E-state index in [0.29, 0.717) is 10.8 Å². The summed E-state index contributed by atoms with van der Waals surface area (Å²) in [6.07, 6.45) is 2.50. The molecule has 0 radical (unpaired) electrons. The average Bonchev–Trinajstić information content (AvgIpc) is 3.18. The van der Waals surface area contributed by atoms with Crippen LogP contribution in [0.15, 0.2) is 61.2 Å². The summed E-state index contributed by atoms with van der Waals surface area (Å²) in [7, 11) is 0. The van der Waals surface area contributed by atoms with Crippen molar-refractivity contribution < 1.29 is 9.53 Å². The summed E-state index contributed by atoms with van der Waals surface area (Å²) in [5.41, 5.74) is 1.89. The third-order valence-electron chi connectivity index (χ3n) is 3.93. The topological polar surface area (TPSA) is 69.0 Å². The molecule has 2 aromatic carbocycles. The third kappa shape index (κ3) is 4.40. The van der Waals surface area contributed by atoms with Crippen LogP contribution in [-0.4, -0.2) is 26.8 Å². The SMILES string of the molecule is CC(Oc1ccc(Cl)cc1)C(=O)NC(C)c1ccc(-n2cncn2)cc1. The van der Waals surface area contributed by atoms with Gasteiger partial charge in [0.25, 0.3) is 5.91 Å². The maximum atomic E-state index is 12.4. The van der Waals surface area contributed by atoms with Crippen LogP contribution in [0.3, 0.4) is 0 Å². The molecule has 1 amide bonds. The fourth-order valence-corrected chi connectivity index (χ4v) is 2.57. The zero-order valence-corrected chi connectivity index (χ0v) is 15.2. The first-order chi connectivity index (χ1) is 12.5. The first kappa shape index (κ1) is 17.9. The van der Waals surface area contributed by atoms with Gasteiger partial charge in [-0.2, -0.15) is 5.10 Å². The molecular weight excluding hydrogens is 352 g/mol. The van der Waals surface area contributed by atoms with E-state index in [4.69, 9.17) is 16.3 Å². The Kier molecular flexibility index (Phi) is 5.53. The first-order valence-corrected chi connectivity index (χ1v) is 8.58. The number of rotatable bonds is 6. The number of halogens is 1. The van der Waals surface area contributed by atoms with Gasteiger partial charge in [0, 0.05) is 5.02 Å². The molecule has 2 atom stereocenters. The molecule has 0 saturated heterocycles. The molecule has 3 aromatic rings. The molecule has 0 spiro atoms. The molecule has 134 valence electrons. The number of amides is 1. The van der Waals surface area contributed by atoms with Gasteiger partial charge >= 0.3 is 0 Å². The van der Waals surface area contributed by atoms with Gasteiger partial charge in [0.1, 0.15) is 18.4 Å². The molecule has 3 rings (SSSR count). The predicted molar refractivity (Wildman–Crippen MR) is 99.5 cm³/mol. The molecule has 0 aliphatic heterocycles. The van der Waals surface area contributed by atoms with Crippen molar-refractivity contribution in [2.24, 2.45) is 0 Å². The predicted octanol–water partition coefficient (Wildman–Crippen LogP) is 3.57. The summed E-state index contributed by atoms with van der Waals surface area (Å²) in [5.74, 6) is 0.412. The number of benzene rings is 2. The van der Waals surface area contributed by atoms with Crippen molar-refractivity contribution in [2.45, 2.75) is 26.0 Å². The Balaban J connectivity index is 1.58. The minimum absolute atomic E-state index is 0.149. The number of hydrogen-bond acceptors (Lipinski definition) is 4. The Hall–Kier alpha value is -2.86. The Labute approximate surface area is 156 Å². The lowest BCUT2D eigenvalue weighted by Crippen LogP contribution is -2.37. The molecule has 1 heterocycles. The van der Waals surface area contributed by atoms with Gasteiger partial charge in [0.2, 0.25) is 0 Å². The van der Waals surface area contributed by atoms with Gasteiger partial charge in [-0.05, 0) is 55.8 Å². The summed E-state index contributed by atoms with van der Waals surface area (Å²) in [4.78, 5) is 16.3. The fourth-order valence-electron chi connectivity index (χ4n) is 2.44. The van der Waals surface area contributed by atoms with E-state index in [0.717, 1.165) is 11.3 Å². The van der Waals surface area contributed by atoms with E-state index in [9.17, 15) is 4.79 Å². The standard InChI is InChI=1S/C19H19ClN4O2/c1-13(15-3-7-17(8-4-15)24-12-21-11-22-24)23-19(25)14(2)26-18-9-5-16(20)6-10-18/h3-14H,1-2H3,(H,23,25). The van der Waals surface area contributed by atoms with Gasteiger partial charge in [0.05, 0.1) is 11.7 Å². The molecular formula is C19H19ClN4O2. The Morgan fingerprint density at radius 1 is 1.12 bits per heavy atom.